The predicted molar refractivity (Wildman–Crippen MR) is 61.7 cm³/mol. The van der Waals surface area contributed by atoms with Crippen molar-refractivity contribution >= 4 is 16.7 Å². The maximum Gasteiger partial charge on any atom is 0.416 e. The summed E-state index contributed by atoms with van der Waals surface area (Å²) < 4.78 is 38.6. The number of benzene rings is 1. The fourth-order valence-corrected chi connectivity index (χ4v) is 1.69. The van der Waals surface area contributed by atoms with Gasteiger partial charge in [-0.3, -0.25) is 14.2 Å². The first-order chi connectivity index (χ1) is 8.79. The van der Waals surface area contributed by atoms with Gasteiger partial charge in [-0.25, -0.2) is 4.98 Å². The first kappa shape index (κ1) is 13.3. The van der Waals surface area contributed by atoms with E-state index < -0.39 is 17.3 Å². The van der Waals surface area contributed by atoms with Crippen molar-refractivity contribution in [1.82, 2.24) is 9.55 Å². The van der Waals surface area contributed by atoms with E-state index in [9.17, 15) is 22.8 Å². The number of carbonyl (C=O) groups is 1. The molecule has 2 rings (SSSR count). The van der Waals surface area contributed by atoms with Gasteiger partial charge in [0.15, 0.2) is 0 Å². The Kier molecular flexibility index (Phi) is 3.13. The predicted octanol–water partition coefficient (Wildman–Crippen LogP) is 2.00. The maximum atomic E-state index is 12.5. The van der Waals surface area contributed by atoms with E-state index in [1.807, 2.05) is 0 Å². The molecular weight excluding hydrogens is 261 g/mol. The lowest BCUT2D eigenvalue weighted by Gasteiger charge is -2.08. The van der Waals surface area contributed by atoms with Crippen molar-refractivity contribution in [2.75, 3.05) is 0 Å². The zero-order chi connectivity index (χ0) is 14.2. The van der Waals surface area contributed by atoms with Crippen LogP contribution in [0, 0.1) is 0 Å². The Balaban J connectivity index is 2.60. The average Bonchev–Trinajstić information content (AvgIpc) is 2.31. The summed E-state index contributed by atoms with van der Waals surface area (Å²) in [5.41, 5.74) is -1.44. The van der Waals surface area contributed by atoms with Crippen LogP contribution in [0.4, 0.5) is 13.2 Å². The van der Waals surface area contributed by atoms with Crippen LogP contribution in [0.5, 0.6) is 0 Å². The van der Waals surface area contributed by atoms with Crippen LogP contribution < -0.4 is 5.56 Å². The fourth-order valence-electron chi connectivity index (χ4n) is 1.69. The zero-order valence-electron chi connectivity index (χ0n) is 9.86. The number of Topliss-reactive ketones (excluding diaryl/α,β-unsaturated/α-hetero) is 1. The summed E-state index contributed by atoms with van der Waals surface area (Å²) in [6.45, 7) is 1.16. The molecular formula is C12H9F3N2O2. The number of rotatable bonds is 2. The van der Waals surface area contributed by atoms with Crippen LogP contribution in [0.15, 0.2) is 29.3 Å². The number of fused-ring (bicyclic) bond motifs is 1. The molecule has 0 saturated heterocycles. The van der Waals surface area contributed by atoms with Crippen molar-refractivity contribution in [3.8, 4) is 0 Å². The number of hydrogen-bond acceptors (Lipinski definition) is 3. The molecule has 0 aliphatic rings. The third-order valence-corrected chi connectivity index (χ3v) is 2.55. The van der Waals surface area contributed by atoms with Gasteiger partial charge in [0.25, 0.3) is 5.56 Å². The minimum Gasteiger partial charge on any atom is -0.298 e. The number of halogens is 3. The molecule has 1 heterocycles. The van der Waals surface area contributed by atoms with E-state index in [-0.39, 0.29) is 23.2 Å². The number of carbonyl (C=O) groups excluding carboxylic acids is 1. The Morgan fingerprint density at radius 1 is 1.37 bits per heavy atom. The summed E-state index contributed by atoms with van der Waals surface area (Å²) >= 11 is 0. The van der Waals surface area contributed by atoms with Crippen molar-refractivity contribution in [1.29, 1.82) is 0 Å². The lowest BCUT2D eigenvalue weighted by molar-refractivity contribution is -0.137. The number of aromatic nitrogens is 2. The number of ketones is 1. The molecule has 0 fully saturated rings. The Labute approximate surface area is 105 Å². The molecule has 0 spiro atoms. The van der Waals surface area contributed by atoms with Crippen molar-refractivity contribution < 1.29 is 18.0 Å². The highest BCUT2D eigenvalue weighted by atomic mass is 19.4. The van der Waals surface area contributed by atoms with Crippen LogP contribution in [0.2, 0.25) is 0 Å². The molecule has 7 heteroatoms. The Morgan fingerprint density at radius 3 is 2.63 bits per heavy atom. The van der Waals surface area contributed by atoms with Gasteiger partial charge in [0.05, 0.1) is 29.3 Å². The van der Waals surface area contributed by atoms with Gasteiger partial charge in [0, 0.05) is 0 Å². The smallest absolute Gasteiger partial charge is 0.298 e. The Morgan fingerprint density at radius 2 is 2.05 bits per heavy atom. The lowest BCUT2D eigenvalue weighted by atomic mass is 10.1. The number of alkyl halides is 3. The SMILES string of the molecule is CC(=O)Cn1cnc2cc(C(F)(F)F)ccc2c1=O. The van der Waals surface area contributed by atoms with Gasteiger partial charge in [-0.2, -0.15) is 13.2 Å². The summed E-state index contributed by atoms with van der Waals surface area (Å²) in [5.74, 6) is -0.241. The molecule has 0 atom stereocenters. The van der Waals surface area contributed by atoms with E-state index >= 15 is 0 Å². The average molecular weight is 270 g/mol. The molecule has 0 unspecified atom stereocenters. The second-order valence-corrected chi connectivity index (χ2v) is 4.11. The molecule has 0 amide bonds. The van der Waals surface area contributed by atoms with E-state index in [4.69, 9.17) is 0 Å². The Hall–Kier alpha value is -2.18. The van der Waals surface area contributed by atoms with Crippen molar-refractivity contribution in [2.45, 2.75) is 19.6 Å². The second kappa shape index (κ2) is 4.49. The zero-order valence-corrected chi connectivity index (χ0v) is 9.86. The van der Waals surface area contributed by atoms with E-state index in [1.54, 1.807) is 0 Å². The normalized spacial score (nSPS) is 11.8. The van der Waals surface area contributed by atoms with E-state index in [2.05, 4.69) is 4.98 Å². The van der Waals surface area contributed by atoms with Crippen LogP contribution in [-0.2, 0) is 17.5 Å². The van der Waals surface area contributed by atoms with Gasteiger partial charge in [-0.1, -0.05) is 0 Å². The van der Waals surface area contributed by atoms with Crippen molar-refractivity contribution in [2.24, 2.45) is 0 Å². The van der Waals surface area contributed by atoms with E-state index in [0.29, 0.717) is 0 Å². The minimum atomic E-state index is -4.48. The standard InChI is InChI=1S/C12H9F3N2O2/c1-7(18)5-17-6-16-10-4-8(12(13,14)15)2-3-9(10)11(17)19/h2-4,6H,5H2,1H3. The monoisotopic (exact) mass is 270 g/mol. The minimum absolute atomic E-state index is 0.0420. The number of nitrogens with zero attached hydrogens (tertiary/aromatic N) is 2. The third kappa shape index (κ3) is 2.64. The molecule has 0 aliphatic heterocycles. The van der Waals surface area contributed by atoms with Gasteiger partial charge in [-0.15, -0.1) is 0 Å². The fraction of sp³-hybridized carbons (Fsp3) is 0.250. The van der Waals surface area contributed by atoms with Gasteiger partial charge >= 0.3 is 6.18 Å². The van der Waals surface area contributed by atoms with Gasteiger partial charge in [0.1, 0.15) is 5.78 Å². The van der Waals surface area contributed by atoms with Gasteiger partial charge in [0.2, 0.25) is 0 Å². The van der Waals surface area contributed by atoms with Crippen LogP contribution in [0.1, 0.15) is 12.5 Å². The summed E-state index contributed by atoms with van der Waals surface area (Å²) in [6, 6.07) is 2.71. The third-order valence-electron chi connectivity index (χ3n) is 2.55. The van der Waals surface area contributed by atoms with Crippen LogP contribution in [-0.4, -0.2) is 15.3 Å². The molecule has 1 aromatic heterocycles. The topological polar surface area (TPSA) is 52.0 Å². The molecule has 0 bridgehead atoms. The van der Waals surface area contributed by atoms with Crippen LogP contribution in [0.25, 0.3) is 10.9 Å². The van der Waals surface area contributed by atoms with Gasteiger partial charge in [-0.05, 0) is 25.1 Å². The highest BCUT2D eigenvalue weighted by Gasteiger charge is 2.30. The highest BCUT2D eigenvalue weighted by Crippen LogP contribution is 2.30. The molecule has 4 nitrogen and oxygen atoms in total. The molecule has 19 heavy (non-hydrogen) atoms. The quantitative estimate of drug-likeness (QED) is 0.838. The molecule has 0 aliphatic carbocycles. The largest absolute Gasteiger partial charge is 0.416 e. The summed E-state index contributed by atoms with van der Waals surface area (Å²) in [5, 5.41) is 0.0525. The number of hydrogen-bond donors (Lipinski definition) is 0. The first-order valence-electron chi connectivity index (χ1n) is 5.35. The van der Waals surface area contributed by atoms with Crippen molar-refractivity contribution in [3.05, 3.63) is 40.4 Å². The van der Waals surface area contributed by atoms with Gasteiger partial charge < -0.3 is 0 Å². The maximum absolute atomic E-state index is 12.5. The highest BCUT2D eigenvalue weighted by molar-refractivity contribution is 5.79. The molecule has 1 aromatic carbocycles. The van der Waals surface area contributed by atoms with E-state index in [1.165, 1.54) is 6.92 Å². The lowest BCUT2D eigenvalue weighted by Crippen LogP contribution is -2.23. The van der Waals surface area contributed by atoms with Crippen LogP contribution >= 0.6 is 0 Å². The summed E-state index contributed by atoms with van der Waals surface area (Å²) in [7, 11) is 0. The summed E-state index contributed by atoms with van der Waals surface area (Å²) in [6.07, 6.45) is -3.41. The first-order valence-corrected chi connectivity index (χ1v) is 5.35. The van der Waals surface area contributed by atoms with Crippen LogP contribution in [0.3, 0.4) is 0 Å². The summed E-state index contributed by atoms with van der Waals surface area (Å²) in [4.78, 5) is 26.6. The van der Waals surface area contributed by atoms with Crippen molar-refractivity contribution in [3.63, 3.8) is 0 Å². The molecule has 0 saturated carbocycles. The molecule has 0 N–H and O–H groups in total. The molecule has 0 radical (unpaired) electrons. The van der Waals surface area contributed by atoms with E-state index in [0.717, 1.165) is 29.1 Å². The molecule has 100 valence electrons. The molecule has 2 aromatic rings. The Bertz CT molecular complexity index is 704. The second-order valence-electron chi connectivity index (χ2n) is 4.11.